The molecule has 1 rings (SSSR count). The van der Waals surface area contributed by atoms with Crippen LogP contribution >= 0.6 is 0 Å². The zero-order valence-electron chi connectivity index (χ0n) is 10.5. The van der Waals surface area contributed by atoms with E-state index in [1.807, 2.05) is 4.72 Å². The Labute approximate surface area is 114 Å². The van der Waals surface area contributed by atoms with Gasteiger partial charge in [-0.05, 0) is 24.6 Å². The standard InChI is InChI=1S/C11H14F4N2O2S/c1-7(5-11(13,14)15)17-20(18,19)10-4-9(12)3-2-8(10)6-16/h2-4,7,17H,5-6,16H2,1H3. The van der Waals surface area contributed by atoms with Gasteiger partial charge >= 0.3 is 6.18 Å². The van der Waals surface area contributed by atoms with Gasteiger partial charge in [0, 0.05) is 12.6 Å². The molecule has 1 atom stereocenters. The lowest BCUT2D eigenvalue weighted by molar-refractivity contribution is -0.137. The highest BCUT2D eigenvalue weighted by atomic mass is 32.2. The molecular formula is C11H14F4N2O2S. The molecule has 0 saturated carbocycles. The Bertz CT molecular complexity index is 572. The molecule has 1 unspecified atom stereocenters. The van der Waals surface area contributed by atoms with Gasteiger partial charge in [0.05, 0.1) is 11.3 Å². The van der Waals surface area contributed by atoms with E-state index >= 15 is 0 Å². The maximum atomic E-state index is 13.1. The quantitative estimate of drug-likeness (QED) is 0.815. The first-order valence-electron chi connectivity index (χ1n) is 5.63. The van der Waals surface area contributed by atoms with Crippen molar-refractivity contribution in [3.05, 3.63) is 29.6 Å². The first kappa shape index (κ1) is 16.9. The van der Waals surface area contributed by atoms with Gasteiger partial charge in [0.1, 0.15) is 5.82 Å². The molecule has 1 aromatic carbocycles. The lowest BCUT2D eigenvalue weighted by Crippen LogP contribution is -2.36. The summed E-state index contributed by atoms with van der Waals surface area (Å²) in [5.74, 6) is -0.814. The fourth-order valence-electron chi connectivity index (χ4n) is 1.66. The number of halogens is 4. The van der Waals surface area contributed by atoms with Gasteiger partial charge in [0.25, 0.3) is 0 Å². The Morgan fingerprint density at radius 2 is 1.95 bits per heavy atom. The monoisotopic (exact) mass is 314 g/mol. The van der Waals surface area contributed by atoms with Crippen LogP contribution in [0.15, 0.2) is 23.1 Å². The zero-order valence-corrected chi connectivity index (χ0v) is 11.4. The van der Waals surface area contributed by atoms with Gasteiger partial charge in [-0.15, -0.1) is 0 Å². The van der Waals surface area contributed by atoms with E-state index in [9.17, 15) is 26.0 Å². The van der Waals surface area contributed by atoms with Crippen molar-refractivity contribution in [1.29, 1.82) is 0 Å². The Hall–Kier alpha value is -1.19. The number of hydrogen-bond donors (Lipinski definition) is 2. The third kappa shape index (κ3) is 4.73. The van der Waals surface area contributed by atoms with Crippen molar-refractivity contribution < 1.29 is 26.0 Å². The summed E-state index contributed by atoms with van der Waals surface area (Å²) in [6.07, 6.45) is -5.82. The van der Waals surface area contributed by atoms with Crippen LogP contribution in [0.25, 0.3) is 0 Å². The van der Waals surface area contributed by atoms with Crippen LogP contribution in [0.1, 0.15) is 18.9 Å². The van der Waals surface area contributed by atoms with Gasteiger partial charge in [-0.25, -0.2) is 17.5 Å². The number of benzene rings is 1. The molecular weight excluding hydrogens is 300 g/mol. The van der Waals surface area contributed by atoms with Gasteiger partial charge in [0.2, 0.25) is 10.0 Å². The van der Waals surface area contributed by atoms with Crippen molar-refractivity contribution in [3.63, 3.8) is 0 Å². The molecule has 0 radical (unpaired) electrons. The normalized spacial score (nSPS) is 14.3. The third-order valence-corrected chi connectivity index (χ3v) is 4.10. The molecule has 0 bridgehead atoms. The molecule has 20 heavy (non-hydrogen) atoms. The first-order chi connectivity index (χ1) is 9.05. The molecule has 0 fully saturated rings. The number of sulfonamides is 1. The smallest absolute Gasteiger partial charge is 0.326 e. The fourth-order valence-corrected chi connectivity index (χ4v) is 3.17. The second-order valence-electron chi connectivity index (χ2n) is 4.30. The average molecular weight is 314 g/mol. The van der Waals surface area contributed by atoms with Gasteiger partial charge in [-0.1, -0.05) is 6.07 Å². The van der Waals surface area contributed by atoms with Crippen LogP contribution in [0.2, 0.25) is 0 Å². The minimum atomic E-state index is -4.50. The van der Waals surface area contributed by atoms with Crippen LogP contribution in [0.5, 0.6) is 0 Å². The number of nitrogens with one attached hydrogen (secondary N) is 1. The van der Waals surface area contributed by atoms with Crippen molar-refractivity contribution in [1.82, 2.24) is 4.72 Å². The number of rotatable bonds is 5. The van der Waals surface area contributed by atoms with Gasteiger partial charge < -0.3 is 5.73 Å². The van der Waals surface area contributed by atoms with E-state index in [-0.39, 0.29) is 12.1 Å². The van der Waals surface area contributed by atoms with E-state index in [0.29, 0.717) is 0 Å². The van der Waals surface area contributed by atoms with Crippen LogP contribution < -0.4 is 10.5 Å². The van der Waals surface area contributed by atoms with Gasteiger partial charge in [-0.3, -0.25) is 0 Å². The molecule has 0 amide bonds. The molecule has 0 saturated heterocycles. The number of hydrogen-bond acceptors (Lipinski definition) is 3. The maximum Gasteiger partial charge on any atom is 0.390 e. The van der Waals surface area contributed by atoms with Crippen molar-refractivity contribution in [2.24, 2.45) is 5.73 Å². The van der Waals surface area contributed by atoms with Crippen LogP contribution in [-0.4, -0.2) is 20.6 Å². The van der Waals surface area contributed by atoms with Gasteiger partial charge in [0.15, 0.2) is 0 Å². The largest absolute Gasteiger partial charge is 0.390 e. The summed E-state index contributed by atoms with van der Waals surface area (Å²) in [6.45, 7) is 0.899. The minimum absolute atomic E-state index is 0.123. The second-order valence-corrected chi connectivity index (χ2v) is 5.98. The molecule has 3 N–H and O–H groups in total. The van der Waals surface area contributed by atoms with E-state index in [1.165, 1.54) is 6.07 Å². The van der Waals surface area contributed by atoms with Crippen LogP contribution in [-0.2, 0) is 16.6 Å². The molecule has 0 aliphatic heterocycles. The number of nitrogens with two attached hydrogens (primary N) is 1. The van der Waals surface area contributed by atoms with Crippen molar-refractivity contribution in [2.45, 2.75) is 37.0 Å². The highest BCUT2D eigenvalue weighted by Gasteiger charge is 2.32. The molecule has 1 aromatic rings. The predicted molar refractivity (Wildman–Crippen MR) is 64.7 cm³/mol. The highest BCUT2D eigenvalue weighted by molar-refractivity contribution is 7.89. The topological polar surface area (TPSA) is 72.2 Å². The van der Waals surface area contributed by atoms with Crippen LogP contribution in [0.4, 0.5) is 17.6 Å². The van der Waals surface area contributed by atoms with Crippen molar-refractivity contribution in [2.75, 3.05) is 0 Å². The molecule has 0 aliphatic rings. The second kappa shape index (κ2) is 6.06. The lowest BCUT2D eigenvalue weighted by atomic mass is 10.2. The molecule has 4 nitrogen and oxygen atoms in total. The van der Waals surface area contributed by atoms with Crippen molar-refractivity contribution in [3.8, 4) is 0 Å². The van der Waals surface area contributed by atoms with E-state index in [0.717, 1.165) is 19.1 Å². The summed E-state index contributed by atoms with van der Waals surface area (Å²) < 4.78 is 75.4. The van der Waals surface area contributed by atoms with Crippen LogP contribution in [0, 0.1) is 5.82 Å². The summed E-state index contributed by atoms with van der Waals surface area (Å²) >= 11 is 0. The summed E-state index contributed by atoms with van der Waals surface area (Å²) in [4.78, 5) is -0.450. The Morgan fingerprint density at radius 3 is 2.45 bits per heavy atom. The fraction of sp³-hybridized carbons (Fsp3) is 0.455. The minimum Gasteiger partial charge on any atom is -0.326 e. The molecule has 0 spiro atoms. The molecule has 0 heterocycles. The van der Waals surface area contributed by atoms with E-state index in [4.69, 9.17) is 5.73 Å². The summed E-state index contributed by atoms with van der Waals surface area (Å²) in [6, 6.07) is 1.57. The molecule has 9 heteroatoms. The Kier molecular flexibility index (Phi) is 5.11. The summed E-state index contributed by atoms with van der Waals surface area (Å²) in [5.41, 5.74) is 5.46. The molecule has 0 aromatic heterocycles. The molecule has 0 aliphatic carbocycles. The molecule has 114 valence electrons. The highest BCUT2D eigenvalue weighted by Crippen LogP contribution is 2.23. The van der Waals surface area contributed by atoms with Gasteiger partial charge in [-0.2, -0.15) is 13.2 Å². The van der Waals surface area contributed by atoms with Crippen LogP contribution in [0.3, 0.4) is 0 Å². The Morgan fingerprint density at radius 1 is 1.35 bits per heavy atom. The summed E-state index contributed by atoms with van der Waals surface area (Å²) in [5, 5.41) is 0. The summed E-state index contributed by atoms with van der Waals surface area (Å²) in [7, 11) is -4.27. The third-order valence-electron chi connectivity index (χ3n) is 2.43. The predicted octanol–water partition coefficient (Wildman–Crippen LogP) is 1.90. The van der Waals surface area contributed by atoms with E-state index in [1.54, 1.807) is 0 Å². The van der Waals surface area contributed by atoms with E-state index < -0.39 is 39.4 Å². The average Bonchev–Trinajstić information content (AvgIpc) is 2.25. The first-order valence-corrected chi connectivity index (χ1v) is 7.11. The SMILES string of the molecule is CC(CC(F)(F)F)NS(=O)(=O)c1cc(F)ccc1CN. The van der Waals surface area contributed by atoms with E-state index in [2.05, 4.69) is 0 Å². The maximum absolute atomic E-state index is 13.1. The number of alkyl halides is 3. The Balaban J connectivity index is 3.03. The van der Waals surface area contributed by atoms with Crippen molar-refractivity contribution >= 4 is 10.0 Å². The lowest BCUT2D eigenvalue weighted by Gasteiger charge is -2.17. The zero-order chi connectivity index (χ0) is 15.6.